The fourth-order valence-corrected chi connectivity index (χ4v) is 3.84. The van der Waals surface area contributed by atoms with Gasteiger partial charge < -0.3 is 19.5 Å². The number of carboxylic acid groups (broad SMARTS) is 1. The second kappa shape index (κ2) is 6.85. The average Bonchev–Trinajstić information content (AvgIpc) is 3.23. The van der Waals surface area contributed by atoms with E-state index in [1.165, 1.54) is 12.8 Å². The van der Waals surface area contributed by atoms with Crippen molar-refractivity contribution in [3.05, 3.63) is 42.2 Å². The molecule has 1 aliphatic heterocycles. The van der Waals surface area contributed by atoms with Gasteiger partial charge in [-0.25, -0.2) is 9.78 Å². The quantitative estimate of drug-likeness (QED) is 0.862. The van der Waals surface area contributed by atoms with Crippen LogP contribution in [0.4, 0.5) is 0 Å². The number of hydrogen-bond donors (Lipinski definition) is 1. The topological polar surface area (TPSA) is 61.6 Å². The average molecular weight is 354 g/mol. The first-order valence-corrected chi connectivity index (χ1v) is 9.30. The Morgan fingerprint density at radius 1 is 1.12 bits per heavy atom. The van der Waals surface area contributed by atoms with Crippen LogP contribution in [0.25, 0.3) is 11.4 Å². The molecule has 0 radical (unpaired) electrons. The van der Waals surface area contributed by atoms with E-state index in [0.29, 0.717) is 11.0 Å². The lowest BCUT2D eigenvalue weighted by molar-refractivity contribution is 0.0697. The second-order valence-corrected chi connectivity index (χ2v) is 7.84. The molecule has 6 nitrogen and oxygen atoms in total. The van der Waals surface area contributed by atoms with Gasteiger partial charge in [0.25, 0.3) is 0 Å². The third-order valence-electron chi connectivity index (χ3n) is 5.72. The Balaban J connectivity index is 1.46. The molecule has 0 amide bonds. The number of carboxylic acids is 1. The molecule has 1 aliphatic carbocycles. The molecule has 26 heavy (non-hydrogen) atoms. The van der Waals surface area contributed by atoms with Crippen molar-refractivity contribution in [1.29, 1.82) is 0 Å². The van der Waals surface area contributed by atoms with Gasteiger partial charge in [-0.1, -0.05) is 12.1 Å². The smallest absolute Gasteiger partial charge is 0.335 e. The molecule has 6 heteroatoms. The van der Waals surface area contributed by atoms with E-state index in [0.717, 1.165) is 50.7 Å². The largest absolute Gasteiger partial charge is 0.478 e. The van der Waals surface area contributed by atoms with E-state index < -0.39 is 5.97 Å². The fourth-order valence-electron chi connectivity index (χ4n) is 3.84. The number of likely N-dealkylation sites (N-methyl/N-ethyl adjacent to an activating group) is 1. The van der Waals surface area contributed by atoms with Crippen LogP contribution in [0.15, 0.2) is 36.7 Å². The third kappa shape index (κ3) is 3.66. The van der Waals surface area contributed by atoms with E-state index in [1.807, 2.05) is 24.5 Å². The van der Waals surface area contributed by atoms with Gasteiger partial charge in [-0.05, 0) is 32.0 Å². The molecule has 1 aromatic heterocycles. The predicted octanol–water partition coefficient (Wildman–Crippen LogP) is 2.28. The molecule has 1 saturated carbocycles. The highest BCUT2D eigenvalue weighted by Gasteiger charge is 2.44. The number of imidazole rings is 1. The first-order valence-electron chi connectivity index (χ1n) is 9.30. The fraction of sp³-hybridized carbons (Fsp3) is 0.500. The van der Waals surface area contributed by atoms with Gasteiger partial charge >= 0.3 is 5.97 Å². The first kappa shape index (κ1) is 17.2. The highest BCUT2D eigenvalue weighted by molar-refractivity contribution is 5.88. The molecule has 138 valence electrons. The molecular formula is C20H26N4O2. The zero-order valence-electron chi connectivity index (χ0n) is 15.3. The van der Waals surface area contributed by atoms with E-state index >= 15 is 0 Å². The first-order chi connectivity index (χ1) is 12.5. The van der Waals surface area contributed by atoms with Gasteiger partial charge in [0, 0.05) is 62.6 Å². The van der Waals surface area contributed by atoms with Gasteiger partial charge in [0.1, 0.15) is 5.82 Å². The number of benzene rings is 1. The van der Waals surface area contributed by atoms with Gasteiger partial charge in [0.15, 0.2) is 0 Å². The SMILES string of the molecule is CN1CCN(CC2(Cn3ccnc3-c3ccc(C(=O)O)cc3)CC2)CC1. The van der Waals surface area contributed by atoms with Crippen LogP contribution in [0.3, 0.4) is 0 Å². The Kier molecular flexibility index (Phi) is 4.54. The van der Waals surface area contributed by atoms with Crippen molar-refractivity contribution in [2.24, 2.45) is 5.41 Å². The molecule has 1 aromatic carbocycles. The summed E-state index contributed by atoms with van der Waals surface area (Å²) >= 11 is 0. The van der Waals surface area contributed by atoms with Gasteiger partial charge in [-0.15, -0.1) is 0 Å². The van der Waals surface area contributed by atoms with Gasteiger partial charge in [0.05, 0.1) is 5.56 Å². The van der Waals surface area contributed by atoms with Crippen molar-refractivity contribution in [2.75, 3.05) is 39.8 Å². The van der Waals surface area contributed by atoms with Crippen LogP contribution in [-0.4, -0.2) is 70.2 Å². The molecule has 1 saturated heterocycles. The number of rotatable bonds is 6. The van der Waals surface area contributed by atoms with E-state index in [1.54, 1.807) is 12.1 Å². The monoisotopic (exact) mass is 354 g/mol. The molecule has 0 atom stereocenters. The summed E-state index contributed by atoms with van der Waals surface area (Å²) in [6.45, 7) is 6.77. The van der Waals surface area contributed by atoms with Crippen LogP contribution in [0, 0.1) is 5.41 Å². The highest BCUT2D eigenvalue weighted by Crippen LogP contribution is 2.48. The molecule has 0 bridgehead atoms. The standard InChI is InChI=1S/C20H26N4O2/c1-22-10-12-23(13-11-22)14-20(6-7-20)15-24-9-8-21-18(24)16-2-4-17(5-3-16)19(25)26/h2-5,8-9H,6-7,10-15H2,1H3,(H,25,26). The zero-order chi connectivity index (χ0) is 18.1. The van der Waals surface area contributed by atoms with Crippen molar-refractivity contribution >= 4 is 5.97 Å². The molecular weight excluding hydrogens is 328 g/mol. The Hall–Kier alpha value is -2.18. The summed E-state index contributed by atoms with van der Waals surface area (Å²) in [7, 11) is 2.19. The Labute approximate surface area is 154 Å². The van der Waals surface area contributed by atoms with Crippen LogP contribution in [-0.2, 0) is 6.54 Å². The lowest BCUT2D eigenvalue weighted by Gasteiger charge is -2.35. The minimum atomic E-state index is -0.899. The summed E-state index contributed by atoms with van der Waals surface area (Å²) in [4.78, 5) is 20.6. The maximum Gasteiger partial charge on any atom is 0.335 e. The normalized spacial score (nSPS) is 20.2. The number of carbonyl (C=O) groups is 1. The van der Waals surface area contributed by atoms with E-state index in [2.05, 4.69) is 26.4 Å². The molecule has 0 unspecified atom stereocenters. The summed E-state index contributed by atoms with van der Waals surface area (Å²) in [6, 6.07) is 6.99. The predicted molar refractivity (Wildman–Crippen MR) is 100 cm³/mol. The number of piperazine rings is 1. The van der Waals surface area contributed by atoms with Crippen LogP contribution in [0.1, 0.15) is 23.2 Å². The molecule has 4 rings (SSSR count). The molecule has 2 heterocycles. The van der Waals surface area contributed by atoms with Crippen LogP contribution in [0.2, 0.25) is 0 Å². The lowest BCUT2D eigenvalue weighted by Crippen LogP contribution is -2.46. The molecule has 1 N–H and O–H groups in total. The minimum absolute atomic E-state index is 0.306. The summed E-state index contributed by atoms with van der Waals surface area (Å²) in [5.41, 5.74) is 1.64. The summed E-state index contributed by atoms with van der Waals surface area (Å²) in [5.74, 6) is 0.0237. The van der Waals surface area contributed by atoms with Gasteiger partial charge in [-0.3, -0.25) is 0 Å². The molecule has 0 spiro atoms. The van der Waals surface area contributed by atoms with Crippen molar-refractivity contribution in [1.82, 2.24) is 19.4 Å². The number of hydrogen-bond acceptors (Lipinski definition) is 4. The van der Waals surface area contributed by atoms with Crippen molar-refractivity contribution < 1.29 is 9.90 Å². The highest BCUT2D eigenvalue weighted by atomic mass is 16.4. The lowest BCUT2D eigenvalue weighted by atomic mass is 10.1. The van der Waals surface area contributed by atoms with Crippen LogP contribution in [0.5, 0.6) is 0 Å². The van der Waals surface area contributed by atoms with Crippen molar-refractivity contribution in [2.45, 2.75) is 19.4 Å². The van der Waals surface area contributed by atoms with E-state index in [-0.39, 0.29) is 0 Å². The van der Waals surface area contributed by atoms with Crippen LogP contribution >= 0.6 is 0 Å². The Morgan fingerprint density at radius 3 is 2.42 bits per heavy atom. The van der Waals surface area contributed by atoms with Gasteiger partial charge in [0.2, 0.25) is 0 Å². The molecule has 2 aliphatic rings. The van der Waals surface area contributed by atoms with E-state index in [4.69, 9.17) is 5.11 Å². The number of aromatic nitrogens is 2. The minimum Gasteiger partial charge on any atom is -0.478 e. The maximum absolute atomic E-state index is 11.0. The van der Waals surface area contributed by atoms with Crippen molar-refractivity contribution in [3.63, 3.8) is 0 Å². The van der Waals surface area contributed by atoms with E-state index in [9.17, 15) is 4.79 Å². The Bertz CT molecular complexity index is 771. The Morgan fingerprint density at radius 2 is 1.81 bits per heavy atom. The summed E-state index contributed by atoms with van der Waals surface area (Å²) < 4.78 is 2.23. The maximum atomic E-state index is 11.0. The van der Waals surface area contributed by atoms with Crippen molar-refractivity contribution in [3.8, 4) is 11.4 Å². The second-order valence-electron chi connectivity index (χ2n) is 7.84. The van der Waals surface area contributed by atoms with Crippen LogP contribution < -0.4 is 0 Å². The number of aromatic carboxylic acids is 1. The number of nitrogens with zero attached hydrogens (tertiary/aromatic N) is 4. The van der Waals surface area contributed by atoms with Gasteiger partial charge in [-0.2, -0.15) is 0 Å². The molecule has 2 fully saturated rings. The zero-order valence-corrected chi connectivity index (χ0v) is 15.3. The summed E-state index contributed by atoms with van der Waals surface area (Å²) in [5, 5.41) is 9.07. The third-order valence-corrected chi connectivity index (χ3v) is 5.72. The molecule has 2 aromatic rings. The summed E-state index contributed by atoms with van der Waals surface area (Å²) in [6.07, 6.45) is 6.43.